The van der Waals surface area contributed by atoms with Crippen LogP contribution in [0.5, 0.6) is 0 Å². The van der Waals surface area contributed by atoms with Gasteiger partial charge in [0.05, 0.1) is 0 Å². The lowest BCUT2D eigenvalue weighted by atomic mass is 9.90. The van der Waals surface area contributed by atoms with Crippen molar-refractivity contribution < 1.29 is 0 Å². The van der Waals surface area contributed by atoms with Crippen molar-refractivity contribution in [2.45, 2.75) is 0 Å². The van der Waals surface area contributed by atoms with Gasteiger partial charge in [-0.2, -0.15) is 0 Å². The number of hydrogen-bond acceptors (Lipinski definition) is 1. The third kappa shape index (κ3) is 5.71. The maximum absolute atomic E-state index is 2.39. The minimum atomic E-state index is 1.10. The molecule has 0 aliphatic heterocycles. The number of hydrogen-bond donors (Lipinski definition) is 0. The topological polar surface area (TPSA) is 3.24 Å². The van der Waals surface area contributed by atoms with E-state index < -0.39 is 0 Å². The van der Waals surface area contributed by atoms with Gasteiger partial charge in [0.1, 0.15) is 0 Å². The molecular weight excluding hydrogens is 759 g/mol. The Labute approximate surface area is 365 Å². The van der Waals surface area contributed by atoms with Crippen LogP contribution in [-0.2, 0) is 0 Å². The molecule has 0 unspecified atom stereocenters. The van der Waals surface area contributed by atoms with Crippen LogP contribution in [0, 0.1) is 0 Å². The van der Waals surface area contributed by atoms with Gasteiger partial charge < -0.3 is 4.90 Å². The molecule has 0 aliphatic rings. The second-order valence-electron chi connectivity index (χ2n) is 16.8. The van der Waals surface area contributed by atoms with Crippen LogP contribution in [0.25, 0.3) is 109 Å². The van der Waals surface area contributed by atoms with Gasteiger partial charge in [0.25, 0.3) is 0 Å². The molecule has 13 rings (SSSR count). The average molecular weight is 798 g/mol. The molecule has 292 valence electrons. The van der Waals surface area contributed by atoms with Gasteiger partial charge in [-0.1, -0.05) is 188 Å². The lowest BCUT2D eigenvalue weighted by Crippen LogP contribution is -2.09. The third-order valence-electron chi connectivity index (χ3n) is 13.4. The number of benzene rings is 13. The Morgan fingerprint density at radius 2 is 0.651 bits per heavy atom. The molecule has 0 amide bonds. The fourth-order valence-corrected chi connectivity index (χ4v) is 10.4. The van der Waals surface area contributed by atoms with Gasteiger partial charge in [-0.05, 0) is 157 Å². The molecular formula is C62H39N. The molecule has 13 aromatic rings. The van der Waals surface area contributed by atoms with Crippen LogP contribution in [0.3, 0.4) is 0 Å². The third-order valence-corrected chi connectivity index (χ3v) is 13.4. The largest absolute Gasteiger partial charge is 0.311 e. The van der Waals surface area contributed by atoms with Crippen molar-refractivity contribution in [3.63, 3.8) is 0 Å². The van der Waals surface area contributed by atoms with Crippen molar-refractivity contribution in [3.05, 3.63) is 237 Å². The Kier molecular flexibility index (Phi) is 7.98. The lowest BCUT2D eigenvalue weighted by molar-refractivity contribution is 1.28. The van der Waals surface area contributed by atoms with E-state index in [2.05, 4.69) is 241 Å². The molecule has 0 bridgehead atoms. The summed E-state index contributed by atoms with van der Waals surface area (Å²) < 4.78 is 0. The summed E-state index contributed by atoms with van der Waals surface area (Å²) in [6, 6.07) is 87.4. The molecule has 1 heteroatoms. The van der Waals surface area contributed by atoms with E-state index in [0.717, 1.165) is 17.1 Å². The molecule has 0 aliphatic carbocycles. The SMILES string of the molecule is c1ccc2c(-c3ccc(N(c4ccc(-c5cc6ccccc6c6ccccc56)cc4)c4ccc(-c5ccc6ccc7cccc8ccc5c6c78)cc4)cc3)c3ccccc3cc2c1. The molecule has 0 heterocycles. The zero-order valence-electron chi connectivity index (χ0n) is 34.5. The second-order valence-corrected chi connectivity index (χ2v) is 16.8. The minimum Gasteiger partial charge on any atom is -0.311 e. The molecule has 0 saturated carbocycles. The molecule has 0 saturated heterocycles. The molecule has 1 nitrogen and oxygen atoms in total. The highest BCUT2D eigenvalue weighted by atomic mass is 15.1. The Hall–Kier alpha value is -8.26. The summed E-state index contributed by atoms with van der Waals surface area (Å²) in [5.41, 5.74) is 10.7. The number of fused-ring (bicyclic) bond motifs is 5. The fourth-order valence-electron chi connectivity index (χ4n) is 10.4. The Morgan fingerprint density at radius 1 is 0.222 bits per heavy atom. The molecule has 13 aromatic carbocycles. The van der Waals surface area contributed by atoms with Gasteiger partial charge in [-0.15, -0.1) is 0 Å². The highest BCUT2D eigenvalue weighted by Crippen LogP contribution is 2.44. The van der Waals surface area contributed by atoms with Crippen LogP contribution < -0.4 is 4.90 Å². The van der Waals surface area contributed by atoms with Crippen LogP contribution in [0.2, 0.25) is 0 Å². The summed E-state index contributed by atoms with van der Waals surface area (Å²) in [5.74, 6) is 0. The fraction of sp³-hybridized carbons (Fsp3) is 0. The van der Waals surface area contributed by atoms with E-state index in [0.29, 0.717) is 0 Å². The van der Waals surface area contributed by atoms with Gasteiger partial charge >= 0.3 is 0 Å². The van der Waals surface area contributed by atoms with Crippen molar-refractivity contribution in [2.24, 2.45) is 0 Å². The smallest absolute Gasteiger partial charge is 0.0462 e. The van der Waals surface area contributed by atoms with Crippen molar-refractivity contribution in [3.8, 4) is 33.4 Å². The summed E-state index contributed by atoms with van der Waals surface area (Å²) in [6.45, 7) is 0. The van der Waals surface area contributed by atoms with E-state index in [1.807, 2.05) is 0 Å². The normalized spacial score (nSPS) is 11.8. The molecule has 0 fully saturated rings. The van der Waals surface area contributed by atoms with Crippen LogP contribution in [-0.4, -0.2) is 0 Å². The zero-order valence-corrected chi connectivity index (χ0v) is 34.5. The predicted octanol–water partition coefficient (Wildman–Crippen LogP) is 17.7. The number of nitrogens with zero attached hydrogens (tertiary/aromatic N) is 1. The van der Waals surface area contributed by atoms with Crippen LogP contribution in [0.15, 0.2) is 237 Å². The Morgan fingerprint density at radius 3 is 1.25 bits per heavy atom. The average Bonchev–Trinajstić information content (AvgIpc) is 3.35. The first-order valence-electron chi connectivity index (χ1n) is 21.8. The molecule has 0 radical (unpaired) electrons. The minimum absolute atomic E-state index is 1.10. The van der Waals surface area contributed by atoms with E-state index in [1.165, 1.54) is 109 Å². The summed E-state index contributed by atoms with van der Waals surface area (Å²) in [5, 5.41) is 17.9. The highest BCUT2D eigenvalue weighted by molar-refractivity contribution is 6.25. The van der Waals surface area contributed by atoms with E-state index in [1.54, 1.807) is 0 Å². The molecule has 0 spiro atoms. The zero-order chi connectivity index (χ0) is 41.4. The molecule has 63 heavy (non-hydrogen) atoms. The number of rotatable bonds is 6. The van der Waals surface area contributed by atoms with Gasteiger partial charge in [-0.25, -0.2) is 0 Å². The number of anilines is 3. The Bertz CT molecular complexity index is 3810. The lowest BCUT2D eigenvalue weighted by Gasteiger charge is -2.26. The van der Waals surface area contributed by atoms with Crippen molar-refractivity contribution in [2.75, 3.05) is 4.90 Å². The van der Waals surface area contributed by atoms with Crippen molar-refractivity contribution in [1.29, 1.82) is 0 Å². The van der Waals surface area contributed by atoms with E-state index in [4.69, 9.17) is 0 Å². The summed E-state index contributed by atoms with van der Waals surface area (Å²) in [7, 11) is 0. The summed E-state index contributed by atoms with van der Waals surface area (Å²) >= 11 is 0. The van der Waals surface area contributed by atoms with Gasteiger partial charge in [0.15, 0.2) is 0 Å². The maximum atomic E-state index is 2.39. The first-order valence-corrected chi connectivity index (χ1v) is 21.8. The van der Waals surface area contributed by atoms with E-state index >= 15 is 0 Å². The second kappa shape index (κ2) is 14.2. The highest BCUT2D eigenvalue weighted by Gasteiger charge is 2.18. The van der Waals surface area contributed by atoms with Crippen LogP contribution >= 0.6 is 0 Å². The molecule has 0 N–H and O–H groups in total. The van der Waals surface area contributed by atoms with E-state index in [-0.39, 0.29) is 0 Å². The standard InChI is InChI=1S/C62H39N/c1-4-15-52-48(12-1)39-59(57-19-8-7-18-56(52)57)41-24-32-50(33-25-41)63(51-34-26-44(27-35-51)61-54-16-5-2-10-46(54)38-47-11-3-6-17-55(47)61)49-30-22-40(23-31-49)53-36-28-45-21-20-42-13-9-14-43-29-37-58(53)62(45)60(42)43/h1-39H. The monoisotopic (exact) mass is 797 g/mol. The maximum Gasteiger partial charge on any atom is 0.0462 e. The van der Waals surface area contributed by atoms with Gasteiger partial charge in [-0.3, -0.25) is 0 Å². The van der Waals surface area contributed by atoms with Crippen LogP contribution in [0.4, 0.5) is 17.1 Å². The van der Waals surface area contributed by atoms with Crippen molar-refractivity contribution in [1.82, 2.24) is 0 Å². The first-order chi connectivity index (χ1) is 31.2. The van der Waals surface area contributed by atoms with Crippen LogP contribution in [0.1, 0.15) is 0 Å². The molecule has 0 aromatic heterocycles. The van der Waals surface area contributed by atoms with Crippen molar-refractivity contribution >= 4 is 92.5 Å². The quantitative estimate of drug-likeness (QED) is 0.120. The summed E-state index contributed by atoms with van der Waals surface area (Å²) in [6.07, 6.45) is 0. The first kappa shape index (κ1) is 35.5. The van der Waals surface area contributed by atoms with E-state index in [9.17, 15) is 0 Å². The Balaban J connectivity index is 0.943. The van der Waals surface area contributed by atoms with Gasteiger partial charge in [0.2, 0.25) is 0 Å². The van der Waals surface area contributed by atoms with Gasteiger partial charge in [0, 0.05) is 17.1 Å². The summed E-state index contributed by atoms with van der Waals surface area (Å²) in [4.78, 5) is 2.39. The molecule has 0 atom stereocenters. The predicted molar refractivity (Wildman–Crippen MR) is 271 cm³/mol.